The Morgan fingerprint density at radius 3 is 2.68 bits per heavy atom. The monoisotopic (exact) mass is 313 g/mol. The molecule has 2 aromatic rings. The zero-order valence-corrected chi connectivity index (χ0v) is 13.2. The van der Waals surface area contributed by atoms with E-state index >= 15 is 0 Å². The summed E-state index contributed by atoms with van der Waals surface area (Å²) in [6.45, 7) is 2.18. The van der Waals surface area contributed by atoms with Crippen LogP contribution in [0.1, 0.15) is 24.3 Å². The fraction of sp³-hybridized carbons (Fsp3) is 0.333. The van der Waals surface area contributed by atoms with Crippen molar-refractivity contribution in [3.05, 3.63) is 53.1 Å². The van der Waals surface area contributed by atoms with Gasteiger partial charge < -0.3 is 16.0 Å². The van der Waals surface area contributed by atoms with Gasteiger partial charge in [-0.15, -0.1) is 0 Å². The van der Waals surface area contributed by atoms with E-state index in [0.29, 0.717) is 12.0 Å². The van der Waals surface area contributed by atoms with Crippen molar-refractivity contribution >= 4 is 28.7 Å². The lowest BCUT2D eigenvalue weighted by Crippen LogP contribution is -2.21. The highest BCUT2D eigenvalue weighted by Crippen LogP contribution is 2.45. The molecule has 3 nitrogen and oxygen atoms in total. The van der Waals surface area contributed by atoms with Crippen molar-refractivity contribution in [2.45, 2.75) is 24.8 Å². The van der Waals surface area contributed by atoms with Crippen molar-refractivity contribution in [2.24, 2.45) is 0 Å². The van der Waals surface area contributed by atoms with Gasteiger partial charge in [0, 0.05) is 28.9 Å². The third kappa shape index (κ3) is 2.44. The summed E-state index contributed by atoms with van der Waals surface area (Å²) in [7, 11) is 0. The Morgan fingerprint density at radius 2 is 1.77 bits per heavy atom. The van der Waals surface area contributed by atoms with Crippen molar-refractivity contribution in [2.75, 3.05) is 23.7 Å². The predicted octanol–water partition coefficient (Wildman–Crippen LogP) is 4.34. The van der Waals surface area contributed by atoms with Gasteiger partial charge in [-0.05, 0) is 50.2 Å². The Morgan fingerprint density at radius 1 is 0.955 bits per heavy atom. The molecule has 0 aliphatic carbocycles. The molecule has 22 heavy (non-hydrogen) atoms. The van der Waals surface area contributed by atoms with E-state index in [1.54, 1.807) is 0 Å². The molecule has 2 aliphatic rings. The molecule has 0 spiro atoms. The lowest BCUT2D eigenvalue weighted by Gasteiger charge is -2.19. The van der Waals surface area contributed by atoms with E-state index in [2.05, 4.69) is 34.1 Å². The summed E-state index contributed by atoms with van der Waals surface area (Å²) in [4.78, 5) is 0. The first-order valence-electron chi connectivity index (χ1n) is 7.94. The minimum Gasteiger partial charge on any atom is -0.381 e. The normalized spacial score (nSPS) is 23.1. The van der Waals surface area contributed by atoms with Crippen molar-refractivity contribution in [1.29, 1.82) is 0 Å². The lowest BCUT2D eigenvalue weighted by atomic mass is 9.90. The standard InChI is InChI=1S/C18H20ClN3/c19-13-4-1-2-5-15(13)22-17-7-3-6-16-18(17)12-8-10-20-11-9-14(12)21-16/h1-7,12,14,20-22H,8-11H2/t12-,14-/m0/s1. The van der Waals surface area contributed by atoms with Crippen molar-refractivity contribution in [3.8, 4) is 0 Å². The van der Waals surface area contributed by atoms with E-state index in [1.807, 2.05) is 24.3 Å². The van der Waals surface area contributed by atoms with Crippen LogP contribution in [0.3, 0.4) is 0 Å². The molecular formula is C18H20ClN3. The van der Waals surface area contributed by atoms with E-state index in [9.17, 15) is 0 Å². The molecule has 0 aromatic heterocycles. The zero-order chi connectivity index (χ0) is 14.9. The minimum atomic E-state index is 0.541. The lowest BCUT2D eigenvalue weighted by molar-refractivity contribution is 0.579. The van der Waals surface area contributed by atoms with E-state index in [4.69, 9.17) is 11.6 Å². The van der Waals surface area contributed by atoms with E-state index in [-0.39, 0.29) is 0 Å². The Hall–Kier alpha value is -1.71. The van der Waals surface area contributed by atoms with Gasteiger partial charge in [-0.25, -0.2) is 0 Å². The van der Waals surface area contributed by atoms with Gasteiger partial charge in [0.1, 0.15) is 0 Å². The van der Waals surface area contributed by atoms with E-state index in [1.165, 1.54) is 29.8 Å². The second-order valence-corrected chi connectivity index (χ2v) is 6.46. The van der Waals surface area contributed by atoms with E-state index in [0.717, 1.165) is 23.8 Å². The quantitative estimate of drug-likeness (QED) is 0.771. The number of anilines is 3. The fourth-order valence-electron chi connectivity index (χ4n) is 3.67. The molecule has 2 aromatic carbocycles. The van der Waals surface area contributed by atoms with Crippen LogP contribution in [-0.4, -0.2) is 19.1 Å². The Balaban J connectivity index is 1.71. The number of hydrogen-bond donors (Lipinski definition) is 3. The number of benzene rings is 2. The third-order valence-electron chi connectivity index (χ3n) is 4.71. The summed E-state index contributed by atoms with van der Waals surface area (Å²) < 4.78 is 0. The van der Waals surface area contributed by atoms with Gasteiger partial charge in [0.2, 0.25) is 0 Å². The zero-order valence-electron chi connectivity index (χ0n) is 12.4. The molecule has 1 fully saturated rings. The molecule has 0 unspecified atom stereocenters. The number of halogens is 1. The van der Waals surface area contributed by atoms with Crippen molar-refractivity contribution in [1.82, 2.24) is 5.32 Å². The Kier molecular flexibility index (Phi) is 3.68. The first-order valence-corrected chi connectivity index (χ1v) is 8.32. The van der Waals surface area contributed by atoms with Crippen LogP contribution in [0.25, 0.3) is 0 Å². The summed E-state index contributed by atoms with van der Waals surface area (Å²) >= 11 is 6.30. The van der Waals surface area contributed by atoms with Gasteiger partial charge in [0.05, 0.1) is 10.7 Å². The molecule has 0 radical (unpaired) electrons. The van der Waals surface area contributed by atoms with Crippen LogP contribution < -0.4 is 16.0 Å². The minimum absolute atomic E-state index is 0.541. The maximum absolute atomic E-state index is 6.30. The average molecular weight is 314 g/mol. The average Bonchev–Trinajstić information content (AvgIpc) is 2.73. The Bertz CT molecular complexity index is 686. The molecule has 2 atom stereocenters. The molecule has 0 amide bonds. The second kappa shape index (κ2) is 5.82. The van der Waals surface area contributed by atoms with E-state index < -0.39 is 0 Å². The largest absolute Gasteiger partial charge is 0.381 e. The van der Waals surface area contributed by atoms with Gasteiger partial charge in [0.15, 0.2) is 0 Å². The first kappa shape index (κ1) is 13.9. The van der Waals surface area contributed by atoms with Crippen LogP contribution in [-0.2, 0) is 0 Å². The van der Waals surface area contributed by atoms with Crippen LogP contribution in [0, 0.1) is 0 Å². The summed E-state index contributed by atoms with van der Waals surface area (Å²) in [5.74, 6) is 0.566. The summed E-state index contributed by atoms with van der Waals surface area (Å²) in [6.07, 6.45) is 2.34. The molecule has 2 aliphatic heterocycles. The van der Waals surface area contributed by atoms with Gasteiger partial charge in [-0.2, -0.15) is 0 Å². The van der Waals surface area contributed by atoms with Gasteiger partial charge in [-0.3, -0.25) is 0 Å². The SMILES string of the molecule is Clc1ccccc1Nc1cccc2c1[C@H]1CCNCC[C@@H]1N2. The first-order chi connectivity index (χ1) is 10.8. The number of nitrogens with one attached hydrogen (secondary N) is 3. The van der Waals surface area contributed by atoms with Crippen LogP contribution >= 0.6 is 11.6 Å². The third-order valence-corrected chi connectivity index (χ3v) is 5.04. The van der Waals surface area contributed by atoms with Crippen LogP contribution in [0.4, 0.5) is 17.1 Å². The molecule has 3 N–H and O–H groups in total. The molecule has 0 saturated carbocycles. The molecule has 114 valence electrons. The number of fused-ring (bicyclic) bond motifs is 3. The predicted molar refractivity (Wildman–Crippen MR) is 93.4 cm³/mol. The van der Waals surface area contributed by atoms with Crippen LogP contribution in [0.5, 0.6) is 0 Å². The van der Waals surface area contributed by atoms with Crippen LogP contribution in [0.15, 0.2) is 42.5 Å². The molecule has 4 heteroatoms. The molecule has 2 heterocycles. The topological polar surface area (TPSA) is 36.1 Å². The maximum Gasteiger partial charge on any atom is 0.0640 e. The number of hydrogen-bond acceptors (Lipinski definition) is 3. The molecular weight excluding hydrogens is 294 g/mol. The summed E-state index contributed by atoms with van der Waals surface area (Å²) in [6, 6.07) is 14.9. The highest BCUT2D eigenvalue weighted by atomic mass is 35.5. The van der Waals surface area contributed by atoms with Crippen molar-refractivity contribution < 1.29 is 0 Å². The fourth-order valence-corrected chi connectivity index (χ4v) is 3.85. The second-order valence-electron chi connectivity index (χ2n) is 6.06. The van der Waals surface area contributed by atoms with Gasteiger partial charge in [-0.1, -0.05) is 29.8 Å². The number of rotatable bonds is 2. The molecule has 1 saturated heterocycles. The maximum atomic E-state index is 6.30. The Labute approximate surface area is 136 Å². The van der Waals surface area contributed by atoms with Crippen LogP contribution in [0.2, 0.25) is 5.02 Å². The molecule has 4 rings (SSSR count). The highest BCUT2D eigenvalue weighted by molar-refractivity contribution is 6.33. The summed E-state index contributed by atoms with van der Waals surface area (Å²) in [5.41, 5.74) is 4.82. The summed E-state index contributed by atoms with van der Waals surface area (Å²) in [5, 5.41) is 11.5. The molecule has 0 bridgehead atoms. The smallest absolute Gasteiger partial charge is 0.0640 e. The van der Waals surface area contributed by atoms with Crippen molar-refractivity contribution in [3.63, 3.8) is 0 Å². The highest BCUT2D eigenvalue weighted by Gasteiger charge is 2.34. The number of para-hydroxylation sites is 1. The van der Waals surface area contributed by atoms with Gasteiger partial charge >= 0.3 is 0 Å². The van der Waals surface area contributed by atoms with Gasteiger partial charge in [0.25, 0.3) is 0 Å².